The van der Waals surface area contributed by atoms with Crippen LogP contribution in [0.2, 0.25) is 0 Å². The lowest BCUT2D eigenvalue weighted by Gasteiger charge is -2.46. The molecule has 4 saturated heterocycles. The summed E-state index contributed by atoms with van der Waals surface area (Å²) in [5.74, 6) is -3.79. The van der Waals surface area contributed by atoms with E-state index in [0.717, 1.165) is 11.0 Å². The molecule has 13 unspecified atom stereocenters. The number of carbonyl (C=O) groups excluding carboxylic acids is 3. The second kappa shape index (κ2) is 18.6. The molecule has 4 aliphatic heterocycles. The highest BCUT2D eigenvalue weighted by atomic mass is 35.5. The number of nitrogens with zero attached hydrogens (tertiary/aromatic N) is 1. The molecule has 0 aliphatic carbocycles. The maximum atomic E-state index is 13.8. The van der Waals surface area contributed by atoms with Gasteiger partial charge in [-0.3, -0.25) is 19.3 Å². The Morgan fingerprint density at radius 1 is 0.904 bits per heavy atom. The lowest BCUT2D eigenvalue weighted by atomic mass is 10.0. The molecule has 0 aromatic rings. The third-order valence-electron chi connectivity index (χ3n) is 8.70. The number of carbonyl (C=O) groups is 3. The van der Waals surface area contributed by atoms with Gasteiger partial charge in [0.2, 0.25) is 5.91 Å². The minimum absolute atomic E-state index is 0.398. The molecule has 18 heteroatoms. The number of methoxy groups -OCH3 is 1. The number of aliphatic hydroxyl groups is 6. The number of nitrogens with two attached hydrogens (primary N) is 1. The van der Waals surface area contributed by atoms with Gasteiger partial charge in [0.15, 0.2) is 24.6 Å². The average Bonchev–Trinajstić information content (AvgIpc) is 3.49. The molecule has 13 atom stereocenters. The van der Waals surface area contributed by atoms with Crippen molar-refractivity contribution in [2.45, 2.75) is 100 Å². The van der Waals surface area contributed by atoms with Crippen LogP contribution in [0, 0.1) is 0 Å². The first-order valence-corrected chi connectivity index (χ1v) is 16.8. The standard InChI is InChI=1S/C34H45ClN2O15/c1-16(35)11-9-7-5-4-6-8-10-12-19(38)23-25(42)18(13-22(36)40)37(31(23)46)32-29(26(43)20(39)14-48-32)52-33-28(45)27(44)21(15-49-33)51-34-30(47-3)24(41)17(2)50-34/h4-12,17-18,20-21,24,26-30,32-34,38-39,41,43-45H,13-15H2,1-3H3,(H2,36,40). The zero-order valence-electron chi connectivity index (χ0n) is 28.6. The van der Waals surface area contributed by atoms with Gasteiger partial charge in [-0.05, 0) is 26.0 Å². The second-order valence-electron chi connectivity index (χ2n) is 12.4. The number of allylic oxidation sites excluding steroid dienone is 10. The first kappa shape index (κ1) is 41.5. The van der Waals surface area contributed by atoms with Gasteiger partial charge in [0.1, 0.15) is 66.2 Å². The van der Waals surface area contributed by atoms with Crippen LogP contribution in [0.3, 0.4) is 0 Å². The first-order chi connectivity index (χ1) is 24.7. The number of rotatable bonds is 13. The van der Waals surface area contributed by atoms with Gasteiger partial charge < -0.3 is 64.8 Å². The van der Waals surface area contributed by atoms with Gasteiger partial charge in [0, 0.05) is 12.1 Å². The van der Waals surface area contributed by atoms with Gasteiger partial charge in [0.05, 0.1) is 25.7 Å². The number of aliphatic hydroxyl groups excluding tert-OH is 6. The minimum atomic E-state index is -1.84. The van der Waals surface area contributed by atoms with Crippen LogP contribution in [0.4, 0.5) is 0 Å². The molecule has 0 aromatic carbocycles. The van der Waals surface area contributed by atoms with Crippen molar-refractivity contribution in [3.63, 3.8) is 0 Å². The molecule has 0 bridgehead atoms. The summed E-state index contributed by atoms with van der Waals surface area (Å²) in [7, 11) is 1.34. The summed E-state index contributed by atoms with van der Waals surface area (Å²) in [6.45, 7) is 2.38. The van der Waals surface area contributed by atoms with E-state index in [9.17, 15) is 45.0 Å². The molecule has 288 valence electrons. The molecule has 52 heavy (non-hydrogen) atoms. The number of primary amides is 1. The van der Waals surface area contributed by atoms with E-state index in [1.807, 2.05) is 0 Å². The van der Waals surface area contributed by atoms with Gasteiger partial charge in [-0.1, -0.05) is 54.1 Å². The Labute approximate surface area is 304 Å². The Morgan fingerprint density at radius 2 is 1.56 bits per heavy atom. The summed E-state index contributed by atoms with van der Waals surface area (Å²) in [6, 6.07) is -1.61. The van der Waals surface area contributed by atoms with E-state index in [1.165, 1.54) is 19.3 Å². The SMILES string of the molecule is COC1C(OC2COC(OC3C(O)C(O)COC3N3C(=O)C(=C(O)C=CC=CC=CC=CC=C(C)Cl)C(=O)C3CC(N)=O)C(O)C2O)OC(C)C1O. The van der Waals surface area contributed by atoms with Crippen LogP contribution in [0.1, 0.15) is 20.3 Å². The Bertz CT molecular complexity index is 1480. The number of ether oxygens (including phenoxy) is 6. The van der Waals surface area contributed by atoms with Crippen LogP contribution >= 0.6 is 11.6 Å². The quantitative estimate of drug-likeness (QED) is 0.0508. The number of Topliss-reactive ketones (excluding diaryl/α,β-unsaturated/α-hetero) is 1. The van der Waals surface area contributed by atoms with Gasteiger partial charge in [0.25, 0.3) is 5.91 Å². The van der Waals surface area contributed by atoms with Crippen LogP contribution in [0.5, 0.6) is 0 Å². The van der Waals surface area contributed by atoms with Crippen molar-refractivity contribution in [3.8, 4) is 0 Å². The number of likely N-dealkylation sites (tertiary alicyclic amines) is 1. The summed E-state index contributed by atoms with van der Waals surface area (Å²) in [5, 5.41) is 65.0. The molecular formula is C34H45ClN2O15. The summed E-state index contributed by atoms with van der Waals surface area (Å²) < 4.78 is 33.6. The lowest BCUT2D eigenvalue weighted by molar-refractivity contribution is -0.338. The molecule has 0 spiro atoms. The monoisotopic (exact) mass is 756 g/mol. The van der Waals surface area contributed by atoms with Gasteiger partial charge in [-0.25, -0.2) is 0 Å². The predicted molar refractivity (Wildman–Crippen MR) is 180 cm³/mol. The van der Waals surface area contributed by atoms with Crippen molar-refractivity contribution in [2.75, 3.05) is 20.3 Å². The fourth-order valence-corrected chi connectivity index (χ4v) is 6.05. The number of hydrogen-bond acceptors (Lipinski definition) is 15. The molecule has 4 heterocycles. The zero-order chi connectivity index (χ0) is 38.3. The summed E-state index contributed by atoms with van der Waals surface area (Å²) >= 11 is 5.75. The highest BCUT2D eigenvalue weighted by Gasteiger charge is 2.56. The molecule has 2 amide bonds. The molecule has 8 N–H and O–H groups in total. The molecule has 17 nitrogen and oxygen atoms in total. The Morgan fingerprint density at radius 3 is 2.19 bits per heavy atom. The highest BCUT2D eigenvalue weighted by Crippen LogP contribution is 2.35. The van der Waals surface area contributed by atoms with E-state index in [1.54, 1.807) is 50.3 Å². The Kier molecular flexibility index (Phi) is 14.9. The molecule has 4 fully saturated rings. The third kappa shape index (κ3) is 9.62. The minimum Gasteiger partial charge on any atom is -0.507 e. The van der Waals surface area contributed by atoms with Crippen LogP contribution < -0.4 is 5.73 Å². The summed E-state index contributed by atoms with van der Waals surface area (Å²) in [6.07, 6.45) is -3.53. The average molecular weight is 757 g/mol. The molecule has 0 aromatic heterocycles. The Balaban J connectivity index is 1.52. The predicted octanol–water partition coefficient (Wildman–Crippen LogP) is -1.13. The van der Waals surface area contributed by atoms with Crippen molar-refractivity contribution in [3.05, 3.63) is 71.0 Å². The lowest BCUT2D eigenvalue weighted by Crippen LogP contribution is -2.65. The van der Waals surface area contributed by atoms with Crippen LogP contribution in [-0.4, -0.2) is 153 Å². The first-order valence-electron chi connectivity index (χ1n) is 16.4. The summed E-state index contributed by atoms with van der Waals surface area (Å²) in [5.41, 5.74) is 4.70. The number of ketones is 1. The third-order valence-corrected chi connectivity index (χ3v) is 8.82. The second-order valence-corrected chi connectivity index (χ2v) is 13.0. The fraction of sp³-hybridized carbons (Fsp3) is 0.559. The van der Waals surface area contributed by atoms with Crippen molar-refractivity contribution < 1.29 is 73.4 Å². The van der Waals surface area contributed by atoms with Gasteiger partial charge in [-0.2, -0.15) is 0 Å². The van der Waals surface area contributed by atoms with Crippen LogP contribution in [0.25, 0.3) is 0 Å². The van der Waals surface area contributed by atoms with Crippen LogP contribution in [-0.2, 0) is 42.8 Å². The van der Waals surface area contributed by atoms with Crippen molar-refractivity contribution >= 4 is 29.2 Å². The number of amides is 2. The highest BCUT2D eigenvalue weighted by molar-refractivity contribution is 6.29. The van der Waals surface area contributed by atoms with E-state index in [-0.39, 0.29) is 0 Å². The maximum Gasteiger partial charge on any atom is 0.264 e. The van der Waals surface area contributed by atoms with Crippen molar-refractivity contribution in [2.24, 2.45) is 5.73 Å². The fourth-order valence-electron chi connectivity index (χ4n) is 5.97. The summed E-state index contributed by atoms with van der Waals surface area (Å²) in [4.78, 5) is 40.1. The van der Waals surface area contributed by atoms with E-state index < -0.39 is 128 Å². The number of hydrogen-bond donors (Lipinski definition) is 7. The Hall–Kier alpha value is -3.30. The zero-order valence-corrected chi connectivity index (χ0v) is 29.3. The maximum absolute atomic E-state index is 13.8. The largest absolute Gasteiger partial charge is 0.507 e. The van der Waals surface area contributed by atoms with E-state index in [4.69, 9.17) is 45.8 Å². The van der Waals surface area contributed by atoms with E-state index in [2.05, 4.69) is 0 Å². The van der Waals surface area contributed by atoms with Gasteiger partial charge in [-0.15, -0.1) is 0 Å². The topological polar surface area (TPSA) is 257 Å². The van der Waals surface area contributed by atoms with E-state index in [0.29, 0.717) is 5.03 Å². The van der Waals surface area contributed by atoms with Crippen molar-refractivity contribution in [1.29, 1.82) is 0 Å². The van der Waals surface area contributed by atoms with Gasteiger partial charge >= 0.3 is 0 Å². The molecule has 4 rings (SSSR count). The smallest absolute Gasteiger partial charge is 0.264 e. The molecular weight excluding hydrogens is 712 g/mol. The van der Waals surface area contributed by atoms with E-state index >= 15 is 0 Å². The molecule has 4 aliphatic rings. The molecule has 0 radical (unpaired) electrons. The van der Waals surface area contributed by atoms with Crippen LogP contribution in [0.15, 0.2) is 71.0 Å². The normalized spacial score (nSPS) is 38.9. The number of halogens is 1. The van der Waals surface area contributed by atoms with Crippen molar-refractivity contribution in [1.82, 2.24) is 4.90 Å². The molecule has 0 saturated carbocycles.